The first-order valence-electron chi connectivity index (χ1n) is 6.70. The van der Waals surface area contributed by atoms with Crippen LogP contribution in [-0.4, -0.2) is 46.0 Å². The summed E-state index contributed by atoms with van der Waals surface area (Å²) in [4.78, 5) is 50.1. The molecule has 0 bridgehead atoms. The average Bonchev–Trinajstić information content (AvgIpc) is 2.49. The summed E-state index contributed by atoms with van der Waals surface area (Å²) in [5, 5.41) is 0. The van der Waals surface area contributed by atoms with Gasteiger partial charge >= 0.3 is 11.7 Å². The summed E-state index contributed by atoms with van der Waals surface area (Å²) in [7, 11) is 1.28. The van der Waals surface area contributed by atoms with E-state index in [1.54, 1.807) is 0 Å². The first-order valence-corrected chi connectivity index (χ1v) is 6.70. The zero-order chi connectivity index (χ0) is 15.4. The van der Waals surface area contributed by atoms with Gasteiger partial charge in [0.1, 0.15) is 12.6 Å². The fraction of sp³-hybridized carbons (Fsp3) is 0.538. The highest BCUT2D eigenvalue weighted by atomic mass is 16.5. The highest BCUT2D eigenvalue weighted by Gasteiger charge is 2.32. The maximum atomic E-state index is 12.3. The minimum absolute atomic E-state index is 0.219. The SMILES string of the molecule is COC(=O)[C@H]1CCCCN1C(=O)Cn1ccc(=O)[nH]c1=O. The Bertz CT molecular complexity index is 648. The summed E-state index contributed by atoms with van der Waals surface area (Å²) >= 11 is 0. The molecule has 1 fully saturated rings. The lowest BCUT2D eigenvalue weighted by molar-refractivity contribution is -0.154. The molecule has 21 heavy (non-hydrogen) atoms. The van der Waals surface area contributed by atoms with E-state index in [0.717, 1.165) is 17.4 Å². The first kappa shape index (κ1) is 15.0. The first-order chi connectivity index (χ1) is 10.0. The molecular weight excluding hydrogens is 278 g/mol. The highest BCUT2D eigenvalue weighted by molar-refractivity contribution is 5.84. The lowest BCUT2D eigenvalue weighted by Gasteiger charge is -2.33. The minimum Gasteiger partial charge on any atom is -0.467 e. The maximum Gasteiger partial charge on any atom is 0.328 e. The number of esters is 1. The molecule has 1 aliphatic heterocycles. The van der Waals surface area contributed by atoms with Crippen molar-refractivity contribution in [2.75, 3.05) is 13.7 Å². The van der Waals surface area contributed by atoms with Gasteiger partial charge in [0, 0.05) is 18.8 Å². The summed E-state index contributed by atoms with van der Waals surface area (Å²) in [6, 6.07) is 0.567. The number of nitrogens with one attached hydrogen (secondary N) is 1. The Morgan fingerprint density at radius 3 is 2.81 bits per heavy atom. The fourth-order valence-corrected chi connectivity index (χ4v) is 2.42. The zero-order valence-electron chi connectivity index (χ0n) is 11.7. The number of H-pyrrole nitrogens is 1. The Morgan fingerprint density at radius 2 is 2.14 bits per heavy atom. The van der Waals surface area contributed by atoms with Crippen LogP contribution in [0.25, 0.3) is 0 Å². The van der Waals surface area contributed by atoms with Crippen molar-refractivity contribution < 1.29 is 14.3 Å². The average molecular weight is 295 g/mol. The van der Waals surface area contributed by atoms with E-state index in [1.807, 2.05) is 0 Å². The number of likely N-dealkylation sites (tertiary alicyclic amines) is 1. The molecule has 0 unspecified atom stereocenters. The van der Waals surface area contributed by atoms with Crippen LogP contribution in [-0.2, 0) is 20.9 Å². The second kappa shape index (κ2) is 6.38. The molecule has 1 N–H and O–H groups in total. The summed E-state index contributed by atoms with van der Waals surface area (Å²) in [5.41, 5.74) is -1.17. The van der Waals surface area contributed by atoms with Crippen molar-refractivity contribution >= 4 is 11.9 Å². The number of piperidine rings is 1. The standard InChI is InChI=1S/C13H17N3O5/c1-21-12(19)9-4-2-3-6-16(9)11(18)8-15-7-5-10(17)14-13(15)20/h5,7,9H,2-4,6,8H2,1H3,(H,14,17,20)/t9-/m1/s1. The number of carbonyl (C=O) groups excluding carboxylic acids is 2. The molecule has 2 heterocycles. The molecule has 0 saturated carbocycles. The van der Waals surface area contributed by atoms with Crippen LogP contribution < -0.4 is 11.2 Å². The van der Waals surface area contributed by atoms with E-state index in [2.05, 4.69) is 4.98 Å². The third-order valence-electron chi connectivity index (χ3n) is 3.50. The number of hydrogen-bond donors (Lipinski definition) is 1. The highest BCUT2D eigenvalue weighted by Crippen LogP contribution is 2.18. The molecule has 0 aliphatic carbocycles. The van der Waals surface area contributed by atoms with Gasteiger partial charge in [0.15, 0.2) is 0 Å². The molecule has 1 saturated heterocycles. The van der Waals surface area contributed by atoms with Gasteiger partial charge in [0.2, 0.25) is 5.91 Å². The van der Waals surface area contributed by atoms with E-state index in [4.69, 9.17) is 4.74 Å². The van der Waals surface area contributed by atoms with E-state index in [1.165, 1.54) is 24.3 Å². The molecular formula is C13H17N3O5. The molecule has 1 aliphatic rings. The quantitative estimate of drug-likeness (QED) is 0.727. The number of hydrogen-bond acceptors (Lipinski definition) is 5. The Balaban J connectivity index is 2.15. The molecule has 0 radical (unpaired) electrons. The summed E-state index contributed by atoms with van der Waals surface area (Å²) in [6.45, 7) is 0.236. The van der Waals surface area contributed by atoms with Crippen molar-refractivity contribution in [1.29, 1.82) is 0 Å². The van der Waals surface area contributed by atoms with Crippen molar-refractivity contribution in [3.63, 3.8) is 0 Å². The van der Waals surface area contributed by atoms with Crippen molar-refractivity contribution in [3.8, 4) is 0 Å². The van der Waals surface area contributed by atoms with Crippen molar-refractivity contribution in [1.82, 2.24) is 14.5 Å². The number of amides is 1. The third-order valence-corrected chi connectivity index (χ3v) is 3.50. The Labute approximate surface area is 120 Å². The minimum atomic E-state index is -0.650. The molecule has 1 aromatic rings. The van der Waals surface area contributed by atoms with Crippen LogP contribution in [0.1, 0.15) is 19.3 Å². The molecule has 1 amide bonds. The van der Waals surface area contributed by atoms with Gasteiger partial charge in [-0.1, -0.05) is 0 Å². The molecule has 8 nitrogen and oxygen atoms in total. The van der Waals surface area contributed by atoms with Crippen LogP contribution in [0.2, 0.25) is 0 Å². The normalized spacial score (nSPS) is 18.3. The summed E-state index contributed by atoms with van der Waals surface area (Å²) in [6.07, 6.45) is 3.47. The largest absolute Gasteiger partial charge is 0.467 e. The molecule has 1 aromatic heterocycles. The van der Waals surface area contributed by atoms with Gasteiger partial charge in [0.25, 0.3) is 5.56 Å². The van der Waals surface area contributed by atoms with E-state index < -0.39 is 23.3 Å². The predicted molar refractivity (Wildman–Crippen MR) is 72.7 cm³/mol. The van der Waals surface area contributed by atoms with Crippen molar-refractivity contribution in [3.05, 3.63) is 33.1 Å². The lowest BCUT2D eigenvalue weighted by Crippen LogP contribution is -2.50. The number of ether oxygens (including phenoxy) is 1. The van der Waals surface area contributed by atoms with Gasteiger partial charge in [0.05, 0.1) is 7.11 Å². The number of aromatic amines is 1. The molecule has 1 atom stereocenters. The molecule has 0 spiro atoms. The van der Waals surface area contributed by atoms with Crippen LogP contribution in [0, 0.1) is 0 Å². The van der Waals surface area contributed by atoms with Gasteiger partial charge in [-0.15, -0.1) is 0 Å². The predicted octanol–water partition coefficient (Wildman–Crippen LogP) is -0.909. The summed E-state index contributed by atoms with van der Waals surface area (Å²) < 4.78 is 5.81. The van der Waals surface area contributed by atoms with Gasteiger partial charge in [-0.25, -0.2) is 9.59 Å². The Kier molecular flexibility index (Phi) is 4.56. The molecule has 0 aromatic carbocycles. The van der Waals surface area contributed by atoms with Crippen molar-refractivity contribution in [2.24, 2.45) is 0 Å². The van der Waals surface area contributed by atoms with Gasteiger partial charge in [-0.3, -0.25) is 19.1 Å². The second-order valence-electron chi connectivity index (χ2n) is 4.86. The monoisotopic (exact) mass is 295 g/mol. The molecule has 2 rings (SSSR count). The lowest BCUT2D eigenvalue weighted by atomic mass is 10.0. The fourth-order valence-electron chi connectivity index (χ4n) is 2.42. The van der Waals surface area contributed by atoms with Crippen LogP contribution >= 0.6 is 0 Å². The zero-order valence-corrected chi connectivity index (χ0v) is 11.7. The van der Waals surface area contributed by atoms with Crippen LogP contribution in [0.5, 0.6) is 0 Å². The topological polar surface area (TPSA) is 101 Å². The van der Waals surface area contributed by atoms with Crippen LogP contribution in [0.4, 0.5) is 0 Å². The summed E-state index contributed by atoms with van der Waals surface area (Å²) in [5.74, 6) is -0.795. The van der Waals surface area contributed by atoms with Gasteiger partial charge < -0.3 is 9.64 Å². The van der Waals surface area contributed by atoms with Gasteiger partial charge in [-0.05, 0) is 19.3 Å². The van der Waals surface area contributed by atoms with E-state index in [-0.39, 0.29) is 12.5 Å². The van der Waals surface area contributed by atoms with Crippen molar-refractivity contribution in [2.45, 2.75) is 31.8 Å². The smallest absolute Gasteiger partial charge is 0.328 e. The molecule has 114 valence electrons. The van der Waals surface area contributed by atoms with Crippen LogP contribution in [0.3, 0.4) is 0 Å². The number of carbonyl (C=O) groups is 2. The Hall–Kier alpha value is -2.38. The third kappa shape index (κ3) is 3.39. The van der Waals surface area contributed by atoms with E-state index >= 15 is 0 Å². The molecule has 8 heteroatoms. The van der Waals surface area contributed by atoms with Crippen LogP contribution in [0.15, 0.2) is 21.9 Å². The number of aromatic nitrogens is 2. The van der Waals surface area contributed by atoms with Gasteiger partial charge in [-0.2, -0.15) is 0 Å². The second-order valence-corrected chi connectivity index (χ2v) is 4.86. The van der Waals surface area contributed by atoms with E-state index in [0.29, 0.717) is 13.0 Å². The maximum absolute atomic E-state index is 12.3. The Morgan fingerprint density at radius 1 is 1.38 bits per heavy atom. The number of methoxy groups -OCH3 is 1. The number of nitrogens with zero attached hydrogens (tertiary/aromatic N) is 2. The number of rotatable bonds is 3. The van der Waals surface area contributed by atoms with E-state index in [9.17, 15) is 19.2 Å².